The predicted molar refractivity (Wildman–Crippen MR) is 50.2 cm³/mol. The van der Waals surface area contributed by atoms with E-state index in [4.69, 9.17) is 5.73 Å². The molecule has 0 amide bonds. The van der Waals surface area contributed by atoms with Crippen molar-refractivity contribution in [3.05, 3.63) is 29.6 Å². The summed E-state index contributed by atoms with van der Waals surface area (Å²) in [7, 11) is 1.35. The van der Waals surface area contributed by atoms with Gasteiger partial charge in [-0.25, -0.2) is 4.79 Å². The molecular formula is C9H12N2O2. The van der Waals surface area contributed by atoms with Gasteiger partial charge >= 0.3 is 5.97 Å². The molecule has 0 unspecified atom stereocenters. The second kappa shape index (κ2) is 4.47. The monoisotopic (exact) mass is 180 g/mol. The van der Waals surface area contributed by atoms with Gasteiger partial charge in [0.1, 0.15) is 5.69 Å². The van der Waals surface area contributed by atoms with E-state index in [1.54, 1.807) is 18.2 Å². The molecule has 1 aromatic rings. The highest BCUT2D eigenvalue weighted by atomic mass is 16.5. The third-order valence-corrected chi connectivity index (χ3v) is 1.55. The van der Waals surface area contributed by atoms with Gasteiger partial charge in [-0.3, -0.25) is 0 Å². The Kier molecular flexibility index (Phi) is 3.28. The number of ether oxygens (including phenoxy) is 1. The molecular weight excluding hydrogens is 168 g/mol. The summed E-state index contributed by atoms with van der Waals surface area (Å²) in [6.07, 6.45) is 3.61. The van der Waals surface area contributed by atoms with E-state index in [9.17, 15) is 4.79 Å². The maximum Gasteiger partial charge on any atom is 0.354 e. The molecule has 4 heteroatoms. The lowest BCUT2D eigenvalue weighted by molar-refractivity contribution is 0.0595. The molecule has 0 aliphatic rings. The van der Waals surface area contributed by atoms with Gasteiger partial charge in [0.05, 0.1) is 7.11 Å². The second-order valence-corrected chi connectivity index (χ2v) is 2.46. The van der Waals surface area contributed by atoms with E-state index in [1.165, 1.54) is 7.11 Å². The van der Waals surface area contributed by atoms with E-state index < -0.39 is 0 Å². The first kappa shape index (κ1) is 9.54. The fourth-order valence-corrected chi connectivity index (χ4v) is 0.933. The summed E-state index contributed by atoms with van der Waals surface area (Å²) >= 11 is 0. The molecule has 0 radical (unpaired) electrons. The molecule has 0 atom stereocenters. The van der Waals surface area contributed by atoms with Gasteiger partial charge in [-0.1, -0.05) is 6.08 Å². The predicted octanol–water partition coefficient (Wildman–Crippen LogP) is 0.773. The first-order valence-corrected chi connectivity index (χ1v) is 3.92. The Bertz CT molecular complexity index is 315. The third-order valence-electron chi connectivity index (χ3n) is 1.55. The Morgan fingerprint density at radius 1 is 1.69 bits per heavy atom. The number of nitrogens with one attached hydrogen (secondary N) is 1. The molecule has 1 aromatic heterocycles. The minimum atomic E-state index is -0.368. The number of aromatic nitrogens is 1. The number of esters is 1. The maximum atomic E-state index is 11.0. The van der Waals surface area contributed by atoms with Crippen molar-refractivity contribution in [2.45, 2.75) is 0 Å². The molecule has 0 aliphatic carbocycles. The van der Waals surface area contributed by atoms with Crippen LogP contribution in [0.3, 0.4) is 0 Å². The van der Waals surface area contributed by atoms with Crippen molar-refractivity contribution in [2.24, 2.45) is 5.73 Å². The lowest BCUT2D eigenvalue weighted by atomic mass is 10.4. The normalized spacial score (nSPS) is 10.6. The number of carbonyl (C=O) groups excluding carboxylic acids is 1. The zero-order valence-electron chi connectivity index (χ0n) is 7.41. The van der Waals surface area contributed by atoms with Gasteiger partial charge in [0.15, 0.2) is 0 Å². The van der Waals surface area contributed by atoms with Crippen molar-refractivity contribution in [1.82, 2.24) is 4.98 Å². The van der Waals surface area contributed by atoms with E-state index in [0.717, 1.165) is 5.69 Å². The molecule has 4 nitrogen and oxygen atoms in total. The van der Waals surface area contributed by atoms with Crippen molar-refractivity contribution in [3.63, 3.8) is 0 Å². The molecule has 70 valence electrons. The molecule has 3 N–H and O–H groups in total. The summed E-state index contributed by atoms with van der Waals surface area (Å²) in [4.78, 5) is 13.9. The minimum Gasteiger partial charge on any atom is -0.464 e. The highest BCUT2D eigenvalue weighted by molar-refractivity contribution is 5.87. The van der Waals surface area contributed by atoms with Crippen LogP contribution in [0.25, 0.3) is 6.08 Å². The molecule has 1 rings (SSSR count). The fraction of sp³-hybridized carbons (Fsp3) is 0.222. The number of hydrogen-bond donors (Lipinski definition) is 2. The van der Waals surface area contributed by atoms with E-state index in [0.29, 0.717) is 12.2 Å². The summed E-state index contributed by atoms with van der Waals surface area (Å²) in [5.74, 6) is -0.368. The van der Waals surface area contributed by atoms with Crippen molar-refractivity contribution in [1.29, 1.82) is 0 Å². The quantitative estimate of drug-likeness (QED) is 0.675. The van der Waals surface area contributed by atoms with Crippen LogP contribution in [-0.4, -0.2) is 24.6 Å². The average molecular weight is 180 g/mol. The highest BCUT2D eigenvalue weighted by Crippen LogP contribution is 2.04. The fourth-order valence-electron chi connectivity index (χ4n) is 0.933. The molecule has 0 aromatic carbocycles. The van der Waals surface area contributed by atoms with Gasteiger partial charge < -0.3 is 15.5 Å². The van der Waals surface area contributed by atoms with Crippen LogP contribution in [-0.2, 0) is 4.74 Å². The van der Waals surface area contributed by atoms with Crippen LogP contribution in [0, 0.1) is 0 Å². The van der Waals surface area contributed by atoms with Crippen LogP contribution in [0.5, 0.6) is 0 Å². The largest absolute Gasteiger partial charge is 0.464 e. The maximum absolute atomic E-state index is 11.0. The summed E-state index contributed by atoms with van der Waals surface area (Å²) < 4.78 is 4.54. The minimum absolute atomic E-state index is 0.368. The first-order chi connectivity index (χ1) is 6.27. The van der Waals surface area contributed by atoms with Crippen LogP contribution >= 0.6 is 0 Å². The molecule has 0 spiro atoms. The summed E-state index contributed by atoms with van der Waals surface area (Å²) in [5, 5.41) is 0. The van der Waals surface area contributed by atoms with Gasteiger partial charge in [-0.2, -0.15) is 0 Å². The van der Waals surface area contributed by atoms with Crippen LogP contribution in [0.2, 0.25) is 0 Å². The molecule has 0 saturated heterocycles. The number of aromatic amines is 1. The van der Waals surface area contributed by atoms with Crippen LogP contribution in [0.15, 0.2) is 18.2 Å². The average Bonchev–Trinajstić information content (AvgIpc) is 2.62. The zero-order valence-corrected chi connectivity index (χ0v) is 7.41. The SMILES string of the molecule is COC(=O)c1ccc(C=CCN)[nH]1. The summed E-state index contributed by atoms with van der Waals surface area (Å²) in [6.45, 7) is 0.479. The Labute approximate surface area is 76.4 Å². The highest BCUT2D eigenvalue weighted by Gasteiger charge is 2.05. The molecule has 0 bridgehead atoms. The van der Waals surface area contributed by atoms with E-state index >= 15 is 0 Å². The van der Waals surface area contributed by atoms with Crippen molar-refractivity contribution < 1.29 is 9.53 Å². The first-order valence-electron chi connectivity index (χ1n) is 3.92. The third kappa shape index (κ3) is 2.45. The van der Waals surface area contributed by atoms with Gasteiger partial charge in [0, 0.05) is 12.2 Å². The number of rotatable bonds is 3. The number of hydrogen-bond acceptors (Lipinski definition) is 3. The van der Waals surface area contributed by atoms with Crippen LogP contribution in [0.4, 0.5) is 0 Å². The van der Waals surface area contributed by atoms with E-state index in [-0.39, 0.29) is 5.97 Å². The smallest absolute Gasteiger partial charge is 0.354 e. The van der Waals surface area contributed by atoms with Gasteiger partial charge in [-0.05, 0) is 18.2 Å². The zero-order chi connectivity index (χ0) is 9.68. The number of H-pyrrole nitrogens is 1. The topological polar surface area (TPSA) is 68.1 Å². The molecule has 13 heavy (non-hydrogen) atoms. The number of nitrogens with two attached hydrogens (primary N) is 1. The Balaban J connectivity index is 2.74. The van der Waals surface area contributed by atoms with Crippen molar-refractivity contribution in [3.8, 4) is 0 Å². The van der Waals surface area contributed by atoms with E-state index in [2.05, 4.69) is 9.72 Å². The Morgan fingerprint density at radius 3 is 3.08 bits per heavy atom. The van der Waals surface area contributed by atoms with Gasteiger partial charge in [-0.15, -0.1) is 0 Å². The summed E-state index contributed by atoms with van der Waals surface area (Å²) in [6, 6.07) is 3.46. The number of carbonyl (C=O) groups is 1. The van der Waals surface area contributed by atoms with Crippen LogP contribution in [0.1, 0.15) is 16.2 Å². The summed E-state index contributed by atoms with van der Waals surface area (Å²) in [5.41, 5.74) is 6.56. The van der Waals surface area contributed by atoms with Gasteiger partial charge in [0.25, 0.3) is 0 Å². The lowest BCUT2D eigenvalue weighted by Crippen LogP contribution is -2.00. The van der Waals surface area contributed by atoms with Crippen molar-refractivity contribution in [2.75, 3.05) is 13.7 Å². The second-order valence-electron chi connectivity index (χ2n) is 2.46. The van der Waals surface area contributed by atoms with E-state index in [1.807, 2.05) is 6.08 Å². The Morgan fingerprint density at radius 2 is 2.46 bits per heavy atom. The molecule has 0 fully saturated rings. The van der Waals surface area contributed by atoms with Crippen LogP contribution < -0.4 is 5.73 Å². The Hall–Kier alpha value is -1.55. The molecule has 0 aliphatic heterocycles. The number of methoxy groups -OCH3 is 1. The molecule has 1 heterocycles. The standard InChI is InChI=1S/C9H12N2O2/c1-13-9(12)8-5-4-7(11-8)3-2-6-10/h2-5,11H,6,10H2,1H3. The van der Waals surface area contributed by atoms with Gasteiger partial charge in [0.2, 0.25) is 0 Å². The lowest BCUT2D eigenvalue weighted by Gasteiger charge is -1.92. The molecule has 0 saturated carbocycles. The van der Waals surface area contributed by atoms with Crippen molar-refractivity contribution >= 4 is 12.0 Å².